The first-order valence-corrected chi connectivity index (χ1v) is 10.1. The van der Waals surface area contributed by atoms with Gasteiger partial charge in [-0.3, -0.25) is 9.36 Å². The summed E-state index contributed by atoms with van der Waals surface area (Å²) >= 11 is 0. The van der Waals surface area contributed by atoms with Crippen molar-refractivity contribution < 1.29 is 18.7 Å². The van der Waals surface area contributed by atoms with Crippen LogP contribution in [-0.4, -0.2) is 28.3 Å². The molecule has 1 aliphatic rings. The van der Waals surface area contributed by atoms with E-state index < -0.39 is 12.0 Å². The minimum atomic E-state index is -0.888. The molecule has 30 heavy (non-hydrogen) atoms. The molecule has 1 aromatic heterocycles. The van der Waals surface area contributed by atoms with Crippen molar-refractivity contribution >= 4 is 23.0 Å². The molecule has 2 atom stereocenters. The molecular formula is C23H24FN3O3. The van der Waals surface area contributed by atoms with E-state index in [0.717, 1.165) is 16.8 Å². The van der Waals surface area contributed by atoms with Crippen molar-refractivity contribution in [1.29, 1.82) is 0 Å². The largest absolute Gasteiger partial charge is 0.466 e. The van der Waals surface area contributed by atoms with E-state index in [1.54, 1.807) is 31.5 Å². The Morgan fingerprint density at radius 2 is 2.07 bits per heavy atom. The number of aryl methyl sites for hydroxylation is 1. The highest BCUT2D eigenvalue weighted by Gasteiger charge is 2.40. The van der Waals surface area contributed by atoms with Crippen LogP contribution in [0.5, 0.6) is 0 Å². The molecule has 0 amide bonds. The molecule has 0 saturated carbocycles. The van der Waals surface area contributed by atoms with Crippen LogP contribution < -0.4 is 0 Å². The van der Waals surface area contributed by atoms with Gasteiger partial charge in [0.25, 0.3) is 0 Å². The van der Waals surface area contributed by atoms with Gasteiger partial charge in [-0.05, 0) is 43.7 Å². The molecule has 0 fully saturated rings. The number of carbonyl (C=O) groups excluding carboxylic acids is 1. The molecule has 6 nitrogen and oxygen atoms in total. The standard InChI is InChI=1S/C23H24FN3O3/c1-3-29-21(28)9-6-12-23(15-26-22(30-23)27-14-13-25-16(27)2)19-10-11-20(24)18-8-5-4-7-17(18)19/h4-5,7-8,10-11,13-15,22H,3,6,9,12H2,1-2H3. The second-order valence-corrected chi connectivity index (χ2v) is 7.29. The first-order valence-electron chi connectivity index (χ1n) is 10.1. The number of halogens is 1. The summed E-state index contributed by atoms with van der Waals surface area (Å²) < 4.78 is 27.8. The molecule has 1 aliphatic heterocycles. The number of esters is 1. The average molecular weight is 409 g/mol. The highest BCUT2D eigenvalue weighted by atomic mass is 19.1. The summed E-state index contributed by atoms with van der Waals surface area (Å²) in [4.78, 5) is 20.7. The first kappa shape index (κ1) is 20.2. The van der Waals surface area contributed by atoms with Gasteiger partial charge in [0, 0.05) is 30.4 Å². The van der Waals surface area contributed by atoms with Crippen LogP contribution in [0.4, 0.5) is 4.39 Å². The number of imidazole rings is 1. The first-order chi connectivity index (χ1) is 14.5. The van der Waals surface area contributed by atoms with Crippen molar-refractivity contribution in [2.75, 3.05) is 6.61 Å². The molecule has 2 heterocycles. The number of aliphatic imine (C=N–C) groups is 1. The summed E-state index contributed by atoms with van der Waals surface area (Å²) in [7, 11) is 0. The van der Waals surface area contributed by atoms with Gasteiger partial charge in [-0.25, -0.2) is 14.4 Å². The summed E-state index contributed by atoms with van der Waals surface area (Å²) in [6.07, 6.45) is 6.06. The summed E-state index contributed by atoms with van der Waals surface area (Å²) in [5.74, 6) is 0.255. The van der Waals surface area contributed by atoms with Gasteiger partial charge >= 0.3 is 5.97 Å². The second kappa shape index (κ2) is 8.36. The third-order valence-corrected chi connectivity index (χ3v) is 5.39. The zero-order valence-corrected chi connectivity index (χ0v) is 17.0. The molecule has 0 radical (unpaired) electrons. The maximum absolute atomic E-state index is 14.4. The summed E-state index contributed by atoms with van der Waals surface area (Å²) in [5, 5.41) is 1.29. The van der Waals surface area contributed by atoms with Crippen LogP contribution in [0.2, 0.25) is 0 Å². The van der Waals surface area contributed by atoms with E-state index in [4.69, 9.17) is 9.47 Å². The average Bonchev–Trinajstić information content (AvgIpc) is 3.35. The Balaban J connectivity index is 1.71. The fourth-order valence-electron chi connectivity index (χ4n) is 3.93. The zero-order chi connectivity index (χ0) is 21.1. The van der Waals surface area contributed by atoms with Crippen LogP contribution in [0.15, 0.2) is 53.8 Å². The van der Waals surface area contributed by atoms with Crippen LogP contribution >= 0.6 is 0 Å². The smallest absolute Gasteiger partial charge is 0.305 e. The molecule has 7 heteroatoms. The molecule has 2 unspecified atom stereocenters. The molecule has 4 rings (SSSR count). The van der Waals surface area contributed by atoms with Crippen LogP contribution in [0.1, 0.15) is 43.9 Å². The number of carbonyl (C=O) groups is 1. The van der Waals surface area contributed by atoms with E-state index in [9.17, 15) is 9.18 Å². The molecule has 2 aromatic carbocycles. The minimum absolute atomic E-state index is 0.242. The number of ether oxygens (including phenoxy) is 2. The molecular weight excluding hydrogens is 385 g/mol. The van der Waals surface area contributed by atoms with E-state index in [1.807, 2.05) is 35.9 Å². The van der Waals surface area contributed by atoms with Crippen molar-refractivity contribution in [3.63, 3.8) is 0 Å². The van der Waals surface area contributed by atoms with Crippen molar-refractivity contribution in [1.82, 2.24) is 9.55 Å². The predicted molar refractivity (Wildman–Crippen MR) is 112 cm³/mol. The van der Waals surface area contributed by atoms with Gasteiger partial charge in [-0.2, -0.15) is 0 Å². The second-order valence-electron chi connectivity index (χ2n) is 7.29. The normalized spacial score (nSPS) is 20.7. The quantitative estimate of drug-likeness (QED) is 0.532. The summed E-state index contributed by atoms with van der Waals surface area (Å²) in [6, 6.07) is 10.5. The fourth-order valence-corrected chi connectivity index (χ4v) is 3.93. The minimum Gasteiger partial charge on any atom is -0.466 e. The Bertz CT molecular complexity index is 1090. The van der Waals surface area contributed by atoms with Crippen molar-refractivity contribution in [2.24, 2.45) is 4.99 Å². The van der Waals surface area contributed by atoms with E-state index in [0.29, 0.717) is 24.8 Å². The van der Waals surface area contributed by atoms with E-state index in [1.165, 1.54) is 6.07 Å². The Kier molecular flexibility index (Phi) is 5.63. The van der Waals surface area contributed by atoms with Crippen LogP contribution in [-0.2, 0) is 19.9 Å². The predicted octanol–water partition coefficient (Wildman–Crippen LogP) is 4.67. The maximum Gasteiger partial charge on any atom is 0.305 e. The third-order valence-electron chi connectivity index (χ3n) is 5.39. The highest BCUT2D eigenvalue weighted by Crippen LogP contribution is 2.42. The topological polar surface area (TPSA) is 65.7 Å². The number of benzene rings is 2. The maximum atomic E-state index is 14.4. The zero-order valence-electron chi connectivity index (χ0n) is 17.0. The molecule has 0 bridgehead atoms. The van der Waals surface area contributed by atoms with Crippen molar-refractivity contribution in [3.8, 4) is 0 Å². The number of rotatable bonds is 7. The lowest BCUT2D eigenvalue weighted by Crippen LogP contribution is -2.30. The lowest BCUT2D eigenvalue weighted by molar-refractivity contribution is -0.143. The van der Waals surface area contributed by atoms with Gasteiger partial charge in [-0.1, -0.05) is 30.3 Å². The van der Waals surface area contributed by atoms with Gasteiger partial charge in [0.15, 0.2) is 0 Å². The Labute approximate surface area is 174 Å². The lowest BCUT2D eigenvalue weighted by atomic mass is 9.86. The fraction of sp³-hybridized carbons (Fsp3) is 0.348. The molecule has 0 aliphatic carbocycles. The van der Waals surface area contributed by atoms with Crippen LogP contribution in [0.3, 0.4) is 0 Å². The van der Waals surface area contributed by atoms with Crippen molar-refractivity contribution in [2.45, 2.75) is 45.1 Å². The molecule has 156 valence electrons. The van der Waals surface area contributed by atoms with Gasteiger partial charge in [0.05, 0.1) is 6.61 Å². The van der Waals surface area contributed by atoms with Gasteiger partial charge < -0.3 is 9.47 Å². The SMILES string of the molecule is CCOC(=O)CCCC1(c2ccc(F)c3ccccc23)C=NC(n2ccnc2C)O1. The lowest BCUT2D eigenvalue weighted by Gasteiger charge is -2.30. The molecule has 0 N–H and O–H groups in total. The monoisotopic (exact) mass is 409 g/mol. The van der Waals surface area contributed by atoms with Crippen LogP contribution in [0.25, 0.3) is 10.8 Å². The van der Waals surface area contributed by atoms with Crippen LogP contribution in [0, 0.1) is 12.7 Å². The van der Waals surface area contributed by atoms with Gasteiger partial charge in [0.1, 0.15) is 17.2 Å². The number of hydrogen-bond acceptors (Lipinski definition) is 5. The number of fused-ring (bicyclic) bond motifs is 1. The Hall–Kier alpha value is -3.06. The van der Waals surface area contributed by atoms with E-state index in [2.05, 4.69) is 9.98 Å². The number of hydrogen-bond donors (Lipinski definition) is 0. The van der Waals surface area contributed by atoms with E-state index in [-0.39, 0.29) is 18.2 Å². The molecule has 3 aromatic rings. The number of aromatic nitrogens is 2. The third kappa shape index (κ3) is 3.73. The molecule has 0 spiro atoms. The Morgan fingerprint density at radius 3 is 2.80 bits per heavy atom. The summed E-state index contributed by atoms with van der Waals surface area (Å²) in [5.41, 5.74) is -0.0614. The van der Waals surface area contributed by atoms with Crippen molar-refractivity contribution in [3.05, 3.63) is 66.0 Å². The van der Waals surface area contributed by atoms with Gasteiger partial charge in [0.2, 0.25) is 6.35 Å². The molecule has 0 saturated heterocycles. The van der Waals surface area contributed by atoms with Gasteiger partial charge in [-0.15, -0.1) is 0 Å². The van der Waals surface area contributed by atoms with E-state index >= 15 is 0 Å². The summed E-state index contributed by atoms with van der Waals surface area (Å²) in [6.45, 7) is 4.02. The highest BCUT2D eigenvalue weighted by molar-refractivity contribution is 5.91. The Morgan fingerprint density at radius 1 is 1.27 bits per heavy atom. The number of nitrogens with zero attached hydrogens (tertiary/aromatic N) is 3.